The summed E-state index contributed by atoms with van der Waals surface area (Å²) in [6, 6.07) is 9.85. The molecule has 0 spiro atoms. The fourth-order valence-electron chi connectivity index (χ4n) is 1.37. The predicted molar refractivity (Wildman–Crippen MR) is 66.8 cm³/mol. The SMILES string of the molecule is NC(CC(SCCO)c1ccccc1)=NO. The molecule has 1 unspecified atom stereocenters. The molecule has 1 rings (SSSR count). The summed E-state index contributed by atoms with van der Waals surface area (Å²) < 4.78 is 0. The Morgan fingerprint density at radius 1 is 1.38 bits per heavy atom. The van der Waals surface area contributed by atoms with E-state index in [4.69, 9.17) is 16.0 Å². The molecule has 4 N–H and O–H groups in total. The van der Waals surface area contributed by atoms with Gasteiger partial charge >= 0.3 is 0 Å². The summed E-state index contributed by atoms with van der Waals surface area (Å²) >= 11 is 1.60. The summed E-state index contributed by atoms with van der Waals surface area (Å²) in [6.45, 7) is 0.129. The number of hydrogen-bond donors (Lipinski definition) is 3. The van der Waals surface area contributed by atoms with Crippen molar-refractivity contribution in [1.82, 2.24) is 0 Å². The van der Waals surface area contributed by atoms with E-state index in [2.05, 4.69) is 5.16 Å². The van der Waals surface area contributed by atoms with Gasteiger partial charge in [-0.15, -0.1) is 0 Å². The standard InChI is InChI=1S/C11H16N2O2S/c12-11(13-15)8-10(16-7-6-14)9-4-2-1-3-5-9/h1-5,10,14-15H,6-8H2,(H2,12,13). The molecule has 4 nitrogen and oxygen atoms in total. The highest BCUT2D eigenvalue weighted by Gasteiger charge is 2.13. The van der Waals surface area contributed by atoms with Crippen molar-refractivity contribution < 1.29 is 10.3 Å². The van der Waals surface area contributed by atoms with E-state index in [0.29, 0.717) is 12.2 Å². The topological polar surface area (TPSA) is 78.8 Å². The molecule has 0 saturated carbocycles. The summed E-state index contributed by atoms with van der Waals surface area (Å²) in [5, 5.41) is 20.5. The molecule has 0 aromatic heterocycles. The molecule has 0 saturated heterocycles. The second-order valence-electron chi connectivity index (χ2n) is 3.29. The van der Waals surface area contributed by atoms with Gasteiger partial charge in [-0.3, -0.25) is 0 Å². The summed E-state index contributed by atoms with van der Waals surface area (Å²) in [6.07, 6.45) is 0.477. The van der Waals surface area contributed by atoms with Gasteiger partial charge in [-0.05, 0) is 5.56 Å². The van der Waals surface area contributed by atoms with Gasteiger partial charge in [0.1, 0.15) is 5.84 Å². The number of rotatable bonds is 6. The van der Waals surface area contributed by atoms with Crippen LogP contribution in [0.25, 0.3) is 0 Å². The molecule has 0 radical (unpaired) electrons. The van der Waals surface area contributed by atoms with Crippen LogP contribution in [0.3, 0.4) is 0 Å². The Balaban J connectivity index is 2.71. The van der Waals surface area contributed by atoms with Crippen molar-refractivity contribution in [3.8, 4) is 0 Å². The van der Waals surface area contributed by atoms with E-state index in [-0.39, 0.29) is 17.7 Å². The van der Waals surface area contributed by atoms with Crippen LogP contribution >= 0.6 is 11.8 Å². The molecule has 1 aromatic carbocycles. The van der Waals surface area contributed by atoms with Crippen LogP contribution in [-0.2, 0) is 0 Å². The Labute approximate surface area is 99.2 Å². The minimum Gasteiger partial charge on any atom is -0.409 e. The van der Waals surface area contributed by atoms with Crippen LogP contribution in [0.2, 0.25) is 0 Å². The maximum atomic E-state index is 8.82. The van der Waals surface area contributed by atoms with E-state index < -0.39 is 0 Å². The van der Waals surface area contributed by atoms with Gasteiger partial charge in [-0.2, -0.15) is 11.8 Å². The number of aliphatic hydroxyl groups excluding tert-OH is 1. The van der Waals surface area contributed by atoms with Crippen LogP contribution in [0.1, 0.15) is 17.2 Å². The van der Waals surface area contributed by atoms with Gasteiger partial charge in [0.15, 0.2) is 0 Å². The van der Waals surface area contributed by atoms with Gasteiger partial charge < -0.3 is 16.0 Å². The van der Waals surface area contributed by atoms with Gasteiger partial charge in [-0.25, -0.2) is 0 Å². The fourth-order valence-corrected chi connectivity index (χ4v) is 2.39. The zero-order valence-corrected chi connectivity index (χ0v) is 9.73. The van der Waals surface area contributed by atoms with Gasteiger partial charge in [-0.1, -0.05) is 35.5 Å². The van der Waals surface area contributed by atoms with Crippen molar-refractivity contribution in [2.75, 3.05) is 12.4 Å². The maximum Gasteiger partial charge on any atom is 0.140 e. The maximum absolute atomic E-state index is 8.82. The molecule has 1 atom stereocenters. The molecule has 0 aliphatic rings. The number of amidine groups is 1. The number of thioether (sulfide) groups is 1. The third-order valence-corrected chi connectivity index (χ3v) is 3.36. The zero-order valence-electron chi connectivity index (χ0n) is 8.91. The molecule has 0 amide bonds. The van der Waals surface area contributed by atoms with Crippen molar-refractivity contribution in [2.45, 2.75) is 11.7 Å². The summed E-state index contributed by atoms with van der Waals surface area (Å²) in [5.41, 5.74) is 6.63. The number of benzene rings is 1. The number of hydrogen-bond acceptors (Lipinski definition) is 4. The van der Waals surface area contributed by atoms with E-state index in [1.165, 1.54) is 0 Å². The van der Waals surface area contributed by atoms with Crippen LogP contribution in [0.15, 0.2) is 35.5 Å². The first-order chi connectivity index (χ1) is 7.77. The molecule has 0 heterocycles. The molecule has 5 heteroatoms. The lowest BCUT2D eigenvalue weighted by Gasteiger charge is -2.15. The van der Waals surface area contributed by atoms with E-state index in [1.807, 2.05) is 30.3 Å². The highest BCUT2D eigenvalue weighted by atomic mass is 32.2. The molecule has 0 aliphatic heterocycles. The van der Waals surface area contributed by atoms with E-state index >= 15 is 0 Å². The lowest BCUT2D eigenvalue weighted by Crippen LogP contribution is -2.15. The third-order valence-electron chi connectivity index (χ3n) is 2.10. The Morgan fingerprint density at radius 3 is 2.62 bits per heavy atom. The van der Waals surface area contributed by atoms with Crippen molar-refractivity contribution in [3.05, 3.63) is 35.9 Å². The second kappa shape index (κ2) is 7.14. The van der Waals surface area contributed by atoms with Crippen molar-refractivity contribution in [1.29, 1.82) is 0 Å². The first kappa shape index (κ1) is 12.9. The quantitative estimate of drug-likeness (QED) is 0.305. The summed E-state index contributed by atoms with van der Waals surface area (Å²) in [7, 11) is 0. The van der Waals surface area contributed by atoms with Crippen LogP contribution in [-0.4, -0.2) is 28.5 Å². The van der Waals surface area contributed by atoms with E-state index in [9.17, 15) is 0 Å². The van der Waals surface area contributed by atoms with Crippen molar-refractivity contribution in [3.63, 3.8) is 0 Å². The first-order valence-electron chi connectivity index (χ1n) is 5.01. The van der Waals surface area contributed by atoms with Crippen molar-refractivity contribution in [2.24, 2.45) is 10.9 Å². The molecule has 1 aromatic rings. The minimum atomic E-state index is 0.115. The van der Waals surface area contributed by atoms with Crippen LogP contribution in [0.5, 0.6) is 0 Å². The number of oxime groups is 1. The second-order valence-corrected chi connectivity index (χ2v) is 4.60. The number of nitrogens with two attached hydrogens (primary N) is 1. The normalized spacial score (nSPS) is 13.7. The monoisotopic (exact) mass is 240 g/mol. The Morgan fingerprint density at radius 2 is 2.06 bits per heavy atom. The average Bonchev–Trinajstić information content (AvgIpc) is 2.35. The average molecular weight is 240 g/mol. The highest BCUT2D eigenvalue weighted by Crippen LogP contribution is 2.31. The first-order valence-corrected chi connectivity index (χ1v) is 6.06. The fraction of sp³-hybridized carbons (Fsp3) is 0.364. The molecular weight excluding hydrogens is 224 g/mol. The number of nitrogens with zero attached hydrogens (tertiary/aromatic N) is 1. The largest absolute Gasteiger partial charge is 0.409 e. The van der Waals surface area contributed by atoms with E-state index in [1.54, 1.807) is 11.8 Å². The zero-order chi connectivity index (χ0) is 11.8. The lowest BCUT2D eigenvalue weighted by molar-refractivity contribution is 0.316. The Hall–Kier alpha value is -1.20. The number of aliphatic hydroxyl groups is 1. The lowest BCUT2D eigenvalue weighted by atomic mass is 10.1. The van der Waals surface area contributed by atoms with Crippen LogP contribution in [0, 0.1) is 0 Å². The highest BCUT2D eigenvalue weighted by molar-refractivity contribution is 7.99. The van der Waals surface area contributed by atoms with Crippen LogP contribution < -0.4 is 5.73 Å². The smallest absolute Gasteiger partial charge is 0.140 e. The summed E-state index contributed by atoms with van der Waals surface area (Å²) in [4.78, 5) is 0. The molecule has 88 valence electrons. The predicted octanol–water partition coefficient (Wildman–Crippen LogP) is 1.59. The van der Waals surface area contributed by atoms with Gasteiger partial charge in [0, 0.05) is 17.4 Å². The Bertz CT molecular complexity index is 330. The van der Waals surface area contributed by atoms with E-state index in [0.717, 1.165) is 5.56 Å². The molecule has 0 bridgehead atoms. The Kier molecular flexibility index (Phi) is 5.74. The summed E-state index contributed by atoms with van der Waals surface area (Å²) in [5.74, 6) is 0.845. The third kappa shape index (κ3) is 4.12. The van der Waals surface area contributed by atoms with Crippen LogP contribution in [0.4, 0.5) is 0 Å². The minimum absolute atomic E-state index is 0.115. The molecule has 0 fully saturated rings. The molecule has 0 aliphatic carbocycles. The van der Waals surface area contributed by atoms with Gasteiger partial charge in [0.2, 0.25) is 0 Å². The molecular formula is C11H16N2O2S. The van der Waals surface area contributed by atoms with Gasteiger partial charge in [0.25, 0.3) is 0 Å². The molecule has 16 heavy (non-hydrogen) atoms. The van der Waals surface area contributed by atoms with Crippen molar-refractivity contribution >= 4 is 17.6 Å². The van der Waals surface area contributed by atoms with Gasteiger partial charge in [0.05, 0.1) is 6.61 Å².